The van der Waals surface area contributed by atoms with Crippen LogP contribution in [0.2, 0.25) is 0 Å². The molecule has 1 aromatic carbocycles. The number of nitrogens with two attached hydrogens (primary N) is 1. The monoisotopic (exact) mass is 418 g/mol. The molecule has 1 amide bonds. The summed E-state index contributed by atoms with van der Waals surface area (Å²) in [6.07, 6.45) is 1.67. The average molecular weight is 418 g/mol. The molecule has 1 atom stereocenters. The van der Waals surface area contributed by atoms with Gasteiger partial charge in [0.25, 0.3) is 5.91 Å². The van der Waals surface area contributed by atoms with E-state index in [0.29, 0.717) is 5.52 Å². The summed E-state index contributed by atoms with van der Waals surface area (Å²) in [5.74, 6) is -1.33. The highest BCUT2D eigenvalue weighted by Gasteiger charge is 2.33. The summed E-state index contributed by atoms with van der Waals surface area (Å²) in [6, 6.07) is 3.68. The Hall–Kier alpha value is -3.89. The third-order valence-corrected chi connectivity index (χ3v) is 4.46. The van der Waals surface area contributed by atoms with Crippen molar-refractivity contribution < 1.29 is 22.4 Å². The van der Waals surface area contributed by atoms with E-state index < -0.39 is 29.6 Å². The van der Waals surface area contributed by atoms with Gasteiger partial charge in [-0.05, 0) is 36.6 Å². The Morgan fingerprint density at radius 3 is 2.80 bits per heavy atom. The Labute approximate surface area is 166 Å². The smallest absolute Gasteiger partial charge is 0.382 e. The predicted molar refractivity (Wildman–Crippen MR) is 100 cm³/mol. The Balaban J connectivity index is 1.58. The quantitative estimate of drug-likeness (QED) is 0.569. The van der Waals surface area contributed by atoms with Gasteiger partial charge in [-0.15, -0.1) is 0 Å². The highest BCUT2D eigenvalue weighted by molar-refractivity contribution is 5.95. The van der Waals surface area contributed by atoms with Gasteiger partial charge in [0, 0.05) is 23.5 Å². The number of allylic oxidation sites excluding steroid dienone is 2. The number of anilines is 1. The van der Waals surface area contributed by atoms with E-state index in [4.69, 9.17) is 5.73 Å². The first-order valence-electron chi connectivity index (χ1n) is 8.63. The van der Waals surface area contributed by atoms with Gasteiger partial charge in [-0.2, -0.15) is 13.2 Å². The average Bonchev–Trinajstić information content (AvgIpc) is 3.13. The predicted octanol–water partition coefficient (Wildman–Crippen LogP) is 2.78. The number of alkyl halides is 3. The van der Waals surface area contributed by atoms with Gasteiger partial charge in [0.05, 0.1) is 5.57 Å². The lowest BCUT2D eigenvalue weighted by atomic mass is 10.1. The molecule has 0 bridgehead atoms. The standard InChI is InChI=1S/C19H14F4N6O/c20-13-7-10(18(30)28-14-8-11(3-4-25-14)19(21,22)23)1-2-12(13)15-16-17(24)26-5-6-29(16)9-27-15/h1-9,14,25H,(H2,24,26)(H,28,30). The molecule has 11 heteroatoms. The molecular weight excluding hydrogens is 404 g/mol. The van der Waals surface area contributed by atoms with Gasteiger partial charge >= 0.3 is 6.18 Å². The maximum absolute atomic E-state index is 14.8. The molecule has 1 unspecified atom stereocenters. The number of benzene rings is 1. The fourth-order valence-corrected chi connectivity index (χ4v) is 3.04. The van der Waals surface area contributed by atoms with Crippen LogP contribution in [0.15, 0.2) is 60.8 Å². The maximum atomic E-state index is 14.8. The number of nitrogen functional groups attached to an aromatic ring is 1. The van der Waals surface area contributed by atoms with Crippen LogP contribution in [0, 0.1) is 5.82 Å². The highest BCUT2D eigenvalue weighted by Crippen LogP contribution is 2.29. The van der Waals surface area contributed by atoms with E-state index in [1.807, 2.05) is 0 Å². The molecule has 30 heavy (non-hydrogen) atoms. The van der Waals surface area contributed by atoms with Crippen molar-refractivity contribution in [2.24, 2.45) is 0 Å². The van der Waals surface area contributed by atoms with Gasteiger partial charge < -0.3 is 20.8 Å². The molecule has 0 aliphatic carbocycles. The molecule has 0 spiro atoms. The molecule has 4 N–H and O–H groups in total. The molecule has 0 saturated heterocycles. The normalized spacial score (nSPS) is 16.3. The fraction of sp³-hybridized carbons (Fsp3) is 0.105. The summed E-state index contributed by atoms with van der Waals surface area (Å²) in [7, 11) is 0. The second-order valence-corrected chi connectivity index (χ2v) is 6.43. The Morgan fingerprint density at radius 2 is 2.07 bits per heavy atom. The van der Waals surface area contributed by atoms with E-state index in [-0.39, 0.29) is 22.6 Å². The van der Waals surface area contributed by atoms with Crippen LogP contribution in [0.4, 0.5) is 23.4 Å². The van der Waals surface area contributed by atoms with E-state index in [0.717, 1.165) is 24.4 Å². The highest BCUT2D eigenvalue weighted by atomic mass is 19.4. The van der Waals surface area contributed by atoms with Crippen molar-refractivity contribution in [3.63, 3.8) is 0 Å². The van der Waals surface area contributed by atoms with E-state index in [2.05, 4.69) is 20.6 Å². The Morgan fingerprint density at radius 1 is 1.27 bits per heavy atom. The lowest BCUT2D eigenvalue weighted by Crippen LogP contribution is -2.43. The van der Waals surface area contributed by atoms with Crippen LogP contribution in [-0.4, -0.2) is 32.6 Å². The minimum Gasteiger partial charge on any atom is -0.382 e. The molecule has 0 radical (unpaired) electrons. The second-order valence-electron chi connectivity index (χ2n) is 6.43. The van der Waals surface area contributed by atoms with Crippen LogP contribution in [0.1, 0.15) is 10.4 Å². The lowest BCUT2D eigenvalue weighted by Gasteiger charge is -2.21. The number of amides is 1. The first kappa shape index (κ1) is 19.4. The van der Waals surface area contributed by atoms with Crippen molar-refractivity contribution in [3.8, 4) is 11.3 Å². The number of rotatable bonds is 3. The second kappa shape index (κ2) is 7.17. The number of nitrogens with one attached hydrogen (secondary N) is 2. The number of carbonyl (C=O) groups is 1. The molecular formula is C19H14F4N6O. The molecule has 0 saturated carbocycles. The Kier molecular flexibility index (Phi) is 4.65. The third-order valence-electron chi connectivity index (χ3n) is 4.46. The van der Waals surface area contributed by atoms with Crippen LogP contribution < -0.4 is 16.4 Å². The van der Waals surface area contributed by atoms with Gasteiger partial charge in [0.1, 0.15) is 35.3 Å². The first-order chi connectivity index (χ1) is 14.2. The van der Waals surface area contributed by atoms with Gasteiger partial charge in [-0.25, -0.2) is 14.4 Å². The van der Waals surface area contributed by atoms with Crippen molar-refractivity contribution in [1.29, 1.82) is 0 Å². The number of nitrogens with zero attached hydrogens (tertiary/aromatic N) is 3. The largest absolute Gasteiger partial charge is 0.416 e. The number of imidazole rings is 1. The van der Waals surface area contributed by atoms with E-state index >= 15 is 0 Å². The summed E-state index contributed by atoms with van der Waals surface area (Å²) in [4.78, 5) is 20.5. The number of hydrogen-bond donors (Lipinski definition) is 3. The number of dihydropyridines is 1. The molecule has 1 aliphatic heterocycles. The number of halogens is 4. The van der Waals surface area contributed by atoms with Crippen molar-refractivity contribution >= 4 is 17.2 Å². The minimum absolute atomic E-state index is 0.0656. The summed E-state index contributed by atoms with van der Waals surface area (Å²) < 4.78 is 54.8. The summed E-state index contributed by atoms with van der Waals surface area (Å²) in [6.45, 7) is 0. The number of hydrogen-bond acceptors (Lipinski definition) is 5. The number of carbonyl (C=O) groups excluding carboxylic acids is 1. The summed E-state index contributed by atoms with van der Waals surface area (Å²) in [5, 5.41) is 4.94. The van der Waals surface area contributed by atoms with E-state index in [1.165, 1.54) is 24.7 Å². The Bertz CT molecular complexity index is 1200. The zero-order chi connectivity index (χ0) is 21.5. The van der Waals surface area contributed by atoms with Crippen molar-refractivity contribution in [2.75, 3.05) is 5.73 Å². The molecule has 1 aliphatic rings. The zero-order valence-electron chi connectivity index (χ0n) is 15.1. The molecule has 2 aromatic heterocycles. The zero-order valence-corrected chi connectivity index (χ0v) is 15.1. The van der Waals surface area contributed by atoms with E-state index in [9.17, 15) is 22.4 Å². The van der Waals surface area contributed by atoms with Gasteiger partial charge in [-0.1, -0.05) is 0 Å². The van der Waals surface area contributed by atoms with Crippen molar-refractivity contribution in [2.45, 2.75) is 12.3 Å². The SMILES string of the molecule is Nc1nccn2cnc(-c3ccc(C(=O)NC4C=C(C(F)(F)F)C=CN4)cc3F)c12. The lowest BCUT2D eigenvalue weighted by molar-refractivity contribution is -0.0888. The van der Waals surface area contributed by atoms with Crippen molar-refractivity contribution in [3.05, 3.63) is 72.2 Å². The first-order valence-corrected chi connectivity index (χ1v) is 8.63. The molecule has 4 rings (SSSR count). The molecule has 154 valence electrons. The maximum Gasteiger partial charge on any atom is 0.416 e. The summed E-state index contributed by atoms with van der Waals surface area (Å²) >= 11 is 0. The van der Waals surface area contributed by atoms with Gasteiger partial charge in [0.2, 0.25) is 0 Å². The van der Waals surface area contributed by atoms with Crippen LogP contribution in [0.25, 0.3) is 16.8 Å². The van der Waals surface area contributed by atoms with Crippen LogP contribution in [0.3, 0.4) is 0 Å². The van der Waals surface area contributed by atoms with Crippen LogP contribution in [-0.2, 0) is 0 Å². The van der Waals surface area contributed by atoms with Crippen LogP contribution >= 0.6 is 0 Å². The fourth-order valence-electron chi connectivity index (χ4n) is 3.04. The molecule has 7 nitrogen and oxygen atoms in total. The molecule has 3 heterocycles. The topological polar surface area (TPSA) is 97.3 Å². The van der Waals surface area contributed by atoms with Gasteiger partial charge in [-0.3, -0.25) is 4.79 Å². The number of fused-ring (bicyclic) bond motifs is 1. The summed E-state index contributed by atoms with van der Waals surface area (Å²) in [5.41, 5.74) is 5.66. The van der Waals surface area contributed by atoms with Gasteiger partial charge in [0.15, 0.2) is 0 Å². The third kappa shape index (κ3) is 3.56. The molecule has 0 fully saturated rings. The van der Waals surface area contributed by atoms with Crippen molar-refractivity contribution in [1.82, 2.24) is 25.0 Å². The molecule has 3 aromatic rings. The van der Waals surface area contributed by atoms with Crippen LogP contribution in [0.5, 0.6) is 0 Å². The minimum atomic E-state index is -4.54. The van der Waals surface area contributed by atoms with E-state index in [1.54, 1.807) is 10.6 Å². The number of aromatic nitrogens is 3.